The summed E-state index contributed by atoms with van der Waals surface area (Å²) in [6.45, 7) is -0.230. The fourth-order valence-electron chi connectivity index (χ4n) is 3.82. The maximum Gasteiger partial charge on any atom is 0.573 e. The van der Waals surface area contributed by atoms with Gasteiger partial charge in [0.2, 0.25) is 17.7 Å². The number of amides is 3. The molecule has 1 aromatic carbocycles. The van der Waals surface area contributed by atoms with Gasteiger partial charge in [-0.15, -0.1) is 13.2 Å². The molecule has 2 fully saturated rings. The first-order valence-corrected chi connectivity index (χ1v) is 11.6. The minimum absolute atomic E-state index is 0.0173. The van der Waals surface area contributed by atoms with E-state index in [0.717, 1.165) is 17.0 Å². The summed E-state index contributed by atoms with van der Waals surface area (Å²) < 4.78 is 63.6. The molecule has 0 spiro atoms. The Labute approximate surface area is 182 Å². The number of rotatable bonds is 6. The summed E-state index contributed by atoms with van der Waals surface area (Å²) >= 11 is 0. The number of nitrogens with one attached hydrogen (secondary N) is 1. The Morgan fingerprint density at radius 2 is 1.91 bits per heavy atom. The Kier molecular flexibility index (Phi) is 6.67. The van der Waals surface area contributed by atoms with Gasteiger partial charge in [0, 0.05) is 31.7 Å². The van der Waals surface area contributed by atoms with E-state index in [9.17, 15) is 36.0 Å². The number of ether oxygens (including phenoxy) is 1. The lowest BCUT2D eigenvalue weighted by Gasteiger charge is -2.24. The molecule has 176 valence electrons. The minimum Gasteiger partial charge on any atom is -0.406 e. The maximum absolute atomic E-state index is 12.7. The zero-order valence-electron chi connectivity index (χ0n) is 17.1. The van der Waals surface area contributed by atoms with Crippen molar-refractivity contribution in [2.45, 2.75) is 25.2 Å². The summed E-state index contributed by atoms with van der Waals surface area (Å²) in [5, 5.41) is 2.47. The van der Waals surface area contributed by atoms with Crippen LogP contribution in [0.2, 0.25) is 0 Å². The van der Waals surface area contributed by atoms with Gasteiger partial charge in [-0.25, -0.2) is 8.42 Å². The number of nitrogens with zero attached hydrogens (tertiary/aromatic N) is 2. The topological polar surface area (TPSA) is 113 Å². The van der Waals surface area contributed by atoms with E-state index in [1.54, 1.807) is 0 Å². The molecule has 1 aromatic rings. The second-order valence-electron chi connectivity index (χ2n) is 7.82. The fraction of sp³-hybridized carbons (Fsp3) is 0.526. The number of sulfone groups is 1. The number of likely N-dealkylation sites (tertiary alicyclic amines) is 1. The molecule has 3 amide bonds. The van der Waals surface area contributed by atoms with Crippen molar-refractivity contribution in [3.63, 3.8) is 0 Å². The molecule has 2 aliphatic rings. The number of alkyl halides is 3. The number of halogens is 3. The second-order valence-corrected chi connectivity index (χ2v) is 10.0. The Balaban J connectivity index is 1.51. The van der Waals surface area contributed by atoms with Gasteiger partial charge < -0.3 is 19.9 Å². The number of benzene rings is 1. The van der Waals surface area contributed by atoms with Gasteiger partial charge >= 0.3 is 6.36 Å². The van der Waals surface area contributed by atoms with E-state index in [-0.39, 0.29) is 42.6 Å². The van der Waals surface area contributed by atoms with Crippen LogP contribution in [-0.4, -0.2) is 80.0 Å². The van der Waals surface area contributed by atoms with Crippen molar-refractivity contribution in [2.75, 3.05) is 37.0 Å². The molecule has 2 unspecified atom stereocenters. The summed E-state index contributed by atoms with van der Waals surface area (Å²) in [5.74, 6) is -2.49. The lowest BCUT2D eigenvalue weighted by Crippen LogP contribution is -2.41. The van der Waals surface area contributed by atoms with E-state index in [1.807, 2.05) is 0 Å². The molecule has 1 N–H and O–H groups in total. The van der Waals surface area contributed by atoms with Crippen LogP contribution in [0.5, 0.6) is 5.75 Å². The van der Waals surface area contributed by atoms with E-state index in [0.29, 0.717) is 6.42 Å². The monoisotopic (exact) mass is 477 g/mol. The molecule has 2 saturated heterocycles. The molecule has 0 radical (unpaired) electrons. The van der Waals surface area contributed by atoms with Crippen molar-refractivity contribution in [1.29, 1.82) is 0 Å². The average molecular weight is 477 g/mol. The smallest absolute Gasteiger partial charge is 0.406 e. The largest absolute Gasteiger partial charge is 0.573 e. The lowest BCUT2D eigenvalue weighted by atomic mass is 10.1. The second kappa shape index (κ2) is 8.96. The highest BCUT2D eigenvalue weighted by Crippen LogP contribution is 2.27. The Morgan fingerprint density at radius 3 is 2.47 bits per heavy atom. The van der Waals surface area contributed by atoms with E-state index < -0.39 is 45.7 Å². The van der Waals surface area contributed by atoms with Gasteiger partial charge in [0.1, 0.15) is 5.75 Å². The number of hydrogen-bond donors (Lipinski definition) is 1. The summed E-state index contributed by atoms with van der Waals surface area (Å²) in [4.78, 5) is 39.8. The minimum atomic E-state index is -4.82. The number of hydrogen-bond acceptors (Lipinski definition) is 6. The normalized spacial score (nSPS) is 22.6. The first kappa shape index (κ1) is 23.8. The molecule has 0 saturated carbocycles. The van der Waals surface area contributed by atoms with Gasteiger partial charge in [-0.05, 0) is 30.7 Å². The highest BCUT2D eigenvalue weighted by Gasteiger charge is 2.42. The van der Waals surface area contributed by atoms with Crippen LogP contribution >= 0.6 is 0 Å². The molecule has 0 aliphatic carbocycles. The van der Waals surface area contributed by atoms with E-state index >= 15 is 0 Å². The average Bonchev–Trinajstić information content (AvgIpc) is 3.23. The molecular formula is C19H22F3N3O6S. The molecule has 2 heterocycles. The van der Waals surface area contributed by atoms with Crippen LogP contribution in [-0.2, 0) is 24.2 Å². The fourth-order valence-corrected chi connectivity index (χ4v) is 5.55. The first-order chi connectivity index (χ1) is 14.8. The number of likely N-dealkylation sites (N-methyl/N-ethyl adjacent to an activating group) is 1. The van der Waals surface area contributed by atoms with Gasteiger partial charge in [0.15, 0.2) is 9.84 Å². The third kappa shape index (κ3) is 6.11. The quantitative estimate of drug-likeness (QED) is 0.655. The number of carbonyl (C=O) groups excluding carboxylic acids is 3. The third-order valence-electron chi connectivity index (χ3n) is 5.29. The molecule has 9 nitrogen and oxygen atoms in total. The summed E-state index contributed by atoms with van der Waals surface area (Å²) in [5.41, 5.74) is 0.218. The number of carbonyl (C=O) groups is 3. The molecule has 0 aromatic heterocycles. The van der Waals surface area contributed by atoms with E-state index in [4.69, 9.17) is 0 Å². The summed E-state index contributed by atoms with van der Waals surface area (Å²) in [6.07, 6.45) is -4.53. The Hall–Kier alpha value is -2.83. The van der Waals surface area contributed by atoms with Gasteiger partial charge in [0.25, 0.3) is 0 Å². The molecule has 0 bridgehead atoms. The van der Waals surface area contributed by atoms with Crippen LogP contribution in [0.15, 0.2) is 24.3 Å². The highest BCUT2D eigenvalue weighted by molar-refractivity contribution is 7.91. The van der Waals surface area contributed by atoms with Crippen molar-refractivity contribution in [3.8, 4) is 5.75 Å². The van der Waals surface area contributed by atoms with Crippen molar-refractivity contribution in [3.05, 3.63) is 24.3 Å². The third-order valence-corrected chi connectivity index (χ3v) is 7.04. The molecule has 13 heteroatoms. The van der Waals surface area contributed by atoms with E-state index in [2.05, 4.69) is 10.1 Å². The van der Waals surface area contributed by atoms with Gasteiger partial charge in [-0.1, -0.05) is 0 Å². The Bertz CT molecular complexity index is 997. The van der Waals surface area contributed by atoms with Crippen LogP contribution in [0, 0.1) is 5.92 Å². The Morgan fingerprint density at radius 1 is 1.25 bits per heavy atom. The summed E-state index contributed by atoms with van der Waals surface area (Å²) in [6, 6.07) is 4.11. The van der Waals surface area contributed by atoms with Gasteiger partial charge in [-0.2, -0.15) is 0 Å². The highest BCUT2D eigenvalue weighted by atomic mass is 32.2. The molecule has 2 atom stereocenters. The lowest BCUT2D eigenvalue weighted by molar-refractivity contribution is -0.274. The van der Waals surface area contributed by atoms with Crippen molar-refractivity contribution >= 4 is 33.2 Å². The van der Waals surface area contributed by atoms with E-state index in [1.165, 1.54) is 24.1 Å². The standard InChI is InChI=1S/C19H22F3N3O6S/c1-24(10-16(26)23-13-2-4-15(5-3-13)31-19(20,21)22)18(28)12-8-17(27)25(9-12)14-6-7-32(29,30)11-14/h2-5,12,14H,6-11H2,1H3,(H,23,26). The maximum atomic E-state index is 12.7. The van der Waals surface area contributed by atoms with Crippen molar-refractivity contribution < 1.29 is 40.7 Å². The first-order valence-electron chi connectivity index (χ1n) is 9.73. The van der Waals surface area contributed by atoms with Crippen molar-refractivity contribution in [2.24, 2.45) is 5.92 Å². The summed E-state index contributed by atoms with van der Waals surface area (Å²) in [7, 11) is -1.78. The molecule has 32 heavy (non-hydrogen) atoms. The number of anilines is 1. The van der Waals surface area contributed by atoms with Gasteiger partial charge in [0.05, 0.1) is 24.0 Å². The SMILES string of the molecule is CN(CC(=O)Nc1ccc(OC(F)(F)F)cc1)C(=O)C1CC(=O)N(C2CCS(=O)(=O)C2)C1. The predicted octanol–water partition coefficient (Wildman–Crippen LogP) is 1.02. The molecule has 3 rings (SSSR count). The van der Waals surface area contributed by atoms with Gasteiger partial charge in [-0.3, -0.25) is 14.4 Å². The van der Waals surface area contributed by atoms with Crippen LogP contribution < -0.4 is 10.1 Å². The molecular weight excluding hydrogens is 455 g/mol. The van der Waals surface area contributed by atoms with Crippen LogP contribution in [0.1, 0.15) is 12.8 Å². The molecule has 2 aliphatic heterocycles. The van der Waals surface area contributed by atoms with Crippen molar-refractivity contribution in [1.82, 2.24) is 9.80 Å². The van der Waals surface area contributed by atoms with Crippen LogP contribution in [0.3, 0.4) is 0 Å². The predicted molar refractivity (Wildman–Crippen MR) is 106 cm³/mol. The zero-order chi connectivity index (χ0) is 23.7. The van der Waals surface area contributed by atoms with Crippen LogP contribution in [0.4, 0.5) is 18.9 Å². The zero-order valence-corrected chi connectivity index (χ0v) is 17.9. The van der Waals surface area contributed by atoms with Crippen LogP contribution in [0.25, 0.3) is 0 Å².